The maximum atomic E-state index is 4.28. The van der Waals surface area contributed by atoms with E-state index in [9.17, 15) is 0 Å². The minimum absolute atomic E-state index is 0.401. The van der Waals surface area contributed by atoms with E-state index in [1.807, 2.05) is 0 Å². The first kappa shape index (κ1) is 17.9. The molecule has 2 heteroatoms. The third kappa shape index (κ3) is 4.66. The van der Waals surface area contributed by atoms with Crippen molar-refractivity contribution in [2.24, 2.45) is 0 Å². The molecule has 1 aliphatic rings. The molecule has 1 nitrogen and oxygen atoms in total. The second-order valence-electron chi connectivity index (χ2n) is 6.76. The first-order chi connectivity index (χ1) is 9.77. The van der Waals surface area contributed by atoms with Crippen LogP contribution in [-0.4, -0.2) is 24.7 Å². The predicted octanol–water partition coefficient (Wildman–Crippen LogP) is 5.51. The molecule has 0 amide bonds. The highest BCUT2D eigenvalue weighted by molar-refractivity contribution is 6.66. The Morgan fingerprint density at radius 2 is 2.00 bits per heavy atom. The molecule has 1 rings (SSSR count). The molecule has 0 aliphatic carbocycles. The van der Waals surface area contributed by atoms with Crippen LogP contribution in [0.1, 0.15) is 47.0 Å². The molecule has 0 saturated carbocycles. The molecule has 21 heavy (non-hydrogen) atoms. The van der Waals surface area contributed by atoms with Crippen molar-refractivity contribution in [3.05, 3.63) is 47.1 Å². The summed E-state index contributed by atoms with van der Waals surface area (Å²) in [7, 11) is 2.14. The van der Waals surface area contributed by atoms with Gasteiger partial charge in [0.25, 0.3) is 0 Å². The Hall–Kier alpha value is -1.18. The fraction of sp³-hybridized carbons (Fsp3) is 0.579. The zero-order valence-electron chi connectivity index (χ0n) is 14.9. The first-order valence-electron chi connectivity index (χ1n) is 8.20. The SMILES string of the molecule is C=C(C)C(CC)N(C)C(=C)C/C(C)=C\C1=C(C)B(C)CC1. The average Bonchev–Trinajstić information content (AvgIpc) is 2.70. The zero-order chi connectivity index (χ0) is 16.2. The van der Waals surface area contributed by atoms with Crippen molar-refractivity contribution >= 4 is 6.71 Å². The Morgan fingerprint density at radius 1 is 1.38 bits per heavy atom. The summed E-state index contributed by atoms with van der Waals surface area (Å²) in [5.41, 5.74) is 6.92. The van der Waals surface area contributed by atoms with Gasteiger partial charge < -0.3 is 4.90 Å². The summed E-state index contributed by atoms with van der Waals surface area (Å²) >= 11 is 0. The molecule has 0 fully saturated rings. The third-order valence-corrected chi connectivity index (χ3v) is 4.92. The van der Waals surface area contributed by atoms with E-state index in [0.29, 0.717) is 6.04 Å². The van der Waals surface area contributed by atoms with Crippen molar-refractivity contribution in [2.75, 3.05) is 7.05 Å². The standard InChI is InChI=1S/C19H32BN/c1-9-19(14(2)3)21(8)16(5)12-15(4)13-18-10-11-20(7)17(18)6/h13,19H,2,5,9-12H2,1,3-4,6-8H3/b15-13-. The van der Waals surface area contributed by atoms with Crippen LogP contribution in [0.15, 0.2) is 47.1 Å². The molecule has 0 radical (unpaired) electrons. The molecule has 1 unspecified atom stereocenters. The zero-order valence-corrected chi connectivity index (χ0v) is 14.9. The number of rotatable bonds is 7. The minimum atomic E-state index is 0.401. The van der Waals surface area contributed by atoms with Gasteiger partial charge in [0.05, 0.1) is 0 Å². The van der Waals surface area contributed by atoms with E-state index >= 15 is 0 Å². The van der Waals surface area contributed by atoms with Crippen LogP contribution < -0.4 is 0 Å². The molecule has 0 bridgehead atoms. The molecule has 0 spiro atoms. The van der Waals surface area contributed by atoms with Crippen LogP contribution in [0.5, 0.6) is 0 Å². The van der Waals surface area contributed by atoms with Gasteiger partial charge in [0.15, 0.2) is 6.71 Å². The van der Waals surface area contributed by atoms with Gasteiger partial charge in [-0.3, -0.25) is 0 Å². The van der Waals surface area contributed by atoms with Gasteiger partial charge in [-0.1, -0.05) is 62.9 Å². The lowest BCUT2D eigenvalue weighted by molar-refractivity contribution is 0.326. The molecule has 0 aromatic carbocycles. The topological polar surface area (TPSA) is 3.24 Å². The monoisotopic (exact) mass is 285 g/mol. The van der Waals surface area contributed by atoms with Gasteiger partial charge in [-0.25, -0.2) is 0 Å². The van der Waals surface area contributed by atoms with Crippen LogP contribution in [0.3, 0.4) is 0 Å². The number of allylic oxidation sites excluding steroid dienone is 4. The van der Waals surface area contributed by atoms with Gasteiger partial charge in [-0.15, -0.1) is 5.47 Å². The molecule has 1 atom stereocenters. The molecule has 0 aromatic heterocycles. The summed E-state index contributed by atoms with van der Waals surface area (Å²) in [5, 5.41) is 0. The van der Waals surface area contributed by atoms with E-state index in [1.54, 1.807) is 11.0 Å². The Balaban J connectivity index is 2.72. The van der Waals surface area contributed by atoms with Crippen LogP contribution in [0.25, 0.3) is 0 Å². The van der Waals surface area contributed by atoms with Crippen LogP contribution in [0.4, 0.5) is 0 Å². The van der Waals surface area contributed by atoms with Crippen molar-refractivity contribution in [2.45, 2.75) is 66.1 Å². The van der Waals surface area contributed by atoms with Gasteiger partial charge in [-0.05, 0) is 26.7 Å². The Bertz CT molecular complexity index is 470. The van der Waals surface area contributed by atoms with Crippen LogP contribution in [0, 0.1) is 0 Å². The number of hydrogen-bond acceptors (Lipinski definition) is 1. The maximum absolute atomic E-state index is 4.28. The van der Waals surface area contributed by atoms with E-state index in [2.05, 4.69) is 65.7 Å². The molecule has 1 aliphatic heterocycles. The molecule has 0 aromatic rings. The van der Waals surface area contributed by atoms with Crippen molar-refractivity contribution in [3.8, 4) is 0 Å². The molecular formula is C19H32BN. The fourth-order valence-electron chi connectivity index (χ4n) is 3.26. The molecular weight excluding hydrogens is 253 g/mol. The quantitative estimate of drug-likeness (QED) is 0.440. The summed E-state index contributed by atoms with van der Waals surface area (Å²) in [6, 6.07) is 0.401. The third-order valence-electron chi connectivity index (χ3n) is 4.92. The molecule has 116 valence electrons. The maximum Gasteiger partial charge on any atom is 0.167 e. The summed E-state index contributed by atoms with van der Waals surface area (Å²) in [6.45, 7) is 20.3. The van der Waals surface area contributed by atoms with E-state index in [0.717, 1.165) is 19.6 Å². The van der Waals surface area contributed by atoms with E-state index in [4.69, 9.17) is 0 Å². The number of hydrogen-bond donors (Lipinski definition) is 0. The van der Waals surface area contributed by atoms with E-state index in [1.165, 1.54) is 29.6 Å². The fourth-order valence-corrected chi connectivity index (χ4v) is 3.26. The number of likely N-dealkylation sites (N-methyl/N-ethyl adjacent to an activating group) is 1. The van der Waals surface area contributed by atoms with Crippen molar-refractivity contribution in [1.29, 1.82) is 0 Å². The summed E-state index contributed by atoms with van der Waals surface area (Å²) in [5.74, 6) is 0. The second-order valence-corrected chi connectivity index (χ2v) is 6.76. The number of nitrogens with zero attached hydrogens (tertiary/aromatic N) is 1. The predicted molar refractivity (Wildman–Crippen MR) is 97.9 cm³/mol. The lowest BCUT2D eigenvalue weighted by Crippen LogP contribution is -2.31. The molecule has 0 N–H and O–H groups in total. The van der Waals surface area contributed by atoms with Crippen molar-refractivity contribution in [1.82, 2.24) is 4.90 Å². The smallest absolute Gasteiger partial charge is 0.167 e. The van der Waals surface area contributed by atoms with E-state index in [-0.39, 0.29) is 0 Å². The van der Waals surface area contributed by atoms with Gasteiger partial charge in [-0.2, -0.15) is 0 Å². The lowest BCUT2D eigenvalue weighted by Gasteiger charge is -2.31. The van der Waals surface area contributed by atoms with Crippen LogP contribution in [0.2, 0.25) is 13.1 Å². The van der Waals surface area contributed by atoms with Crippen LogP contribution in [-0.2, 0) is 0 Å². The Kier molecular flexibility index (Phi) is 6.58. The highest BCUT2D eigenvalue weighted by Crippen LogP contribution is 2.29. The van der Waals surface area contributed by atoms with Gasteiger partial charge in [0.1, 0.15) is 0 Å². The molecule has 0 saturated heterocycles. The largest absolute Gasteiger partial charge is 0.371 e. The average molecular weight is 285 g/mol. The molecule has 1 heterocycles. The normalized spacial score (nSPS) is 17.2. The van der Waals surface area contributed by atoms with Gasteiger partial charge >= 0.3 is 0 Å². The highest BCUT2D eigenvalue weighted by atomic mass is 15.1. The first-order valence-corrected chi connectivity index (χ1v) is 8.20. The Labute approximate surface area is 132 Å². The van der Waals surface area contributed by atoms with Gasteiger partial charge in [0, 0.05) is 25.2 Å². The van der Waals surface area contributed by atoms with Crippen molar-refractivity contribution in [3.63, 3.8) is 0 Å². The summed E-state index contributed by atoms with van der Waals surface area (Å²) in [6.07, 6.45) is 6.95. The van der Waals surface area contributed by atoms with Crippen LogP contribution >= 0.6 is 0 Å². The summed E-state index contributed by atoms with van der Waals surface area (Å²) < 4.78 is 0. The summed E-state index contributed by atoms with van der Waals surface area (Å²) in [4.78, 5) is 2.29. The highest BCUT2D eigenvalue weighted by Gasteiger charge is 2.20. The van der Waals surface area contributed by atoms with Crippen molar-refractivity contribution < 1.29 is 0 Å². The second kappa shape index (κ2) is 7.73. The van der Waals surface area contributed by atoms with Gasteiger partial charge in [0.2, 0.25) is 0 Å². The van der Waals surface area contributed by atoms with E-state index < -0.39 is 0 Å². The minimum Gasteiger partial charge on any atom is -0.371 e. The lowest BCUT2D eigenvalue weighted by atomic mass is 9.47. The Morgan fingerprint density at radius 3 is 2.43 bits per heavy atom.